The van der Waals surface area contributed by atoms with E-state index in [0.29, 0.717) is 5.92 Å². The lowest BCUT2D eigenvalue weighted by Gasteiger charge is -2.21. The Morgan fingerprint density at radius 3 is 3.04 bits per heavy atom. The third-order valence-corrected chi connectivity index (χ3v) is 5.67. The predicted molar refractivity (Wildman–Crippen MR) is 99.0 cm³/mol. The van der Waals surface area contributed by atoms with Gasteiger partial charge in [0.05, 0.1) is 5.69 Å². The molecule has 1 fully saturated rings. The van der Waals surface area contributed by atoms with Crippen LogP contribution in [0.1, 0.15) is 30.1 Å². The van der Waals surface area contributed by atoms with E-state index in [0.717, 1.165) is 35.5 Å². The van der Waals surface area contributed by atoms with Gasteiger partial charge < -0.3 is 9.88 Å². The SMILES string of the molecule is Cn1c(SCc2cccc(-n3cccn3)c2)nnc1[C@@H]1CCCNC1. The van der Waals surface area contributed by atoms with Crippen LogP contribution in [0.4, 0.5) is 0 Å². The summed E-state index contributed by atoms with van der Waals surface area (Å²) in [7, 11) is 2.08. The zero-order valence-electron chi connectivity index (χ0n) is 14.3. The number of benzene rings is 1. The van der Waals surface area contributed by atoms with Gasteiger partial charge in [0.15, 0.2) is 5.16 Å². The van der Waals surface area contributed by atoms with Gasteiger partial charge in [0.1, 0.15) is 5.82 Å². The molecule has 1 aromatic carbocycles. The van der Waals surface area contributed by atoms with Crippen LogP contribution in [0.5, 0.6) is 0 Å². The Morgan fingerprint density at radius 2 is 2.24 bits per heavy atom. The maximum atomic E-state index is 4.45. The van der Waals surface area contributed by atoms with Gasteiger partial charge in [-0.15, -0.1) is 10.2 Å². The molecule has 25 heavy (non-hydrogen) atoms. The van der Waals surface area contributed by atoms with Crippen LogP contribution in [0.15, 0.2) is 47.9 Å². The molecule has 1 N–H and O–H groups in total. The lowest BCUT2D eigenvalue weighted by atomic mass is 9.99. The highest BCUT2D eigenvalue weighted by Crippen LogP contribution is 2.27. The molecule has 1 aliphatic rings. The number of nitrogens with one attached hydrogen (secondary N) is 1. The summed E-state index contributed by atoms with van der Waals surface area (Å²) in [5, 5.41) is 17.6. The average Bonchev–Trinajstić information content (AvgIpc) is 3.31. The molecule has 4 rings (SSSR count). The third kappa shape index (κ3) is 3.62. The molecule has 7 heteroatoms. The minimum Gasteiger partial charge on any atom is -0.316 e. The van der Waals surface area contributed by atoms with E-state index in [2.05, 4.69) is 56.5 Å². The predicted octanol–water partition coefficient (Wildman–Crippen LogP) is 2.76. The smallest absolute Gasteiger partial charge is 0.191 e. The molecule has 1 aliphatic heterocycles. The monoisotopic (exact) mass is 354 g/mol. The number of nitrogens with zero attached hydrogens (tertiary/aromatic N) is 5. The Balaban J connectivity index is 1.45. The second-order valence-corrected chi connectivity index (χ2v) is 7.29. The van der Waals surface area contributed by atoms with E-state index in [-0.39, 0.29) is 0 Å². The van der Waals surface area contributed by atoms with Crippen molar-refractivity contribution in [2.45, 2.75) is 29.7 Å². The number of hydrogen-bond acceptors (Lipinski definition) is 5. The van der Waals surface area contributed by atoms with Crippen molar-refractivity contribution in [2.24, 2.45) is 7.05 Å². The summed E-state index contributed by atoms with van der Waals surface area (Å²) in [5.41, 5.74) is 2.33. The highest BCUT2D eigenvalue weighted by molar-refractivity contribution is 7.98. The van der Waals surface area contributed by atoms with Gasteiger partial charge >= 0.3 is 0 Å². The first-order valence-electron chi connectivity index (χ1n) is 8.63. The molecule has 0 saturated carbocycles. The molecule has 0 bridgehead atoms. The van der Waals surface area contributed by atoms with Crippen LogP contribution >= 0.6 is 11.8 Å². The first-order valence-corrected chi connectivity index (χ1v) is 9.61. The zero-order chi connectivity index (χ0) is 17.1. The fourth-order valence-electron chi connectivity index (χ4n) is 3.24. The molecule has 1 atom stereocenters. The summed E-state index contributed by atoms with van der Waals surface area (Å²) in [5.74, 6) is 2.44. The summed E-state index contributed by atoms with van der Waals surface area (Å²) >= 11 is 1.73. The van der Waals surface area contributed by atoms with Crippen LogP contribution < -0.4 is 5.32 Å². The zero-order valence-corrected chi connectivity index (χ0v) is 15.1. The van der Waals surface area contributed by atoms with Gasteiger partial charge in [-0.2, -0.15) is 5.10 Å². The molecular formula is C18H22N6S. The van der Waals surface area contributed by atoms with E-state index >= 15 is 0 Å². The van der Waals surface area contributed by atoms with Gasteiger partial charge in [-0.3, -0.25) is 0 Å². The van der Waals surface area contributed by atoms with Gasteiger partial charge in [-0.1, -0.05) is 23.9 Å². The maximum Gasteiger partial charge on any atom is 0.191 e. The van der Waals surface area contributed by atoms with Gasteiger partial charge in [0, 0.05) is 37.7 Å². The van der Waals surface area contributed by atoms with Crippen molar-refractivity contribution in [1.29, 1.82) is 0 Å². The van der Waals surface area contributed by atoms with Gasteiger partial charge in [0.2, 0.25) is 0 Å². The number of hydrogen-bond donors (Lipinski definition) is 1. The summed E-state index contributed by atoms with van der Waals surface area (Å²) in [6.45, 7) is 2.12. The molecule has 130 valence electrons. The van der Waals surface area contributed by atoms with Crippen LogP contribution in [0.25, 0.3) is 5.69 Å². The van der Waals surface area contributed by atoms with Gasteiger partial charge in [0.25, 0.3) is 0 Å². The Labute approximate surface area is 151 Å². The second-order valence-electron chi connectivity index (χ2n) is 6.35. The van der Waals surface area contributed by atoms with Gasteiger partial charge in [-0.05, 0) is 43.1 Å². The number of thioether (sulfide) groups is 1. The van der Waals surface area contributed by atoms with E-state index in [1.54, 1.807) is 18.0 Å². The normalized spacial score (nSPS) is 17.7. The van der Waals surface area contributed by atoms with Crippen molar-refractivity contribution in [3.63, 3.8) is 0 Å². The molecule has 3 aromatic rings. The average molecular weight is 354 g/mol. The van der Waals surface area contributed by atoms with Crippen molar-refractivity contribution in [2.75, 3.05) is 13.1 Å². The van der Waals surface area contributed by atoms with Crippen molar-refractivity contribution in [1.82, 2.24) is 29.9 Å². The first-order chi connectivity index (χ1) is 12.3. The van der Waals surface area contributed by atoms with E-state index in [1.807, 2.05) is 16.9 Å². The number of piperidine rings is 1. The van der Waals surface area contributed by atoms with Crippen LogP contribution in [0.3, 0.4) is 0 Å². The van der Waals surface area contributed by atoms with Gasteiger partial charge in [-0.25, -0.2) is 4.68 Å². The summed E-state index contributed by atoms with van der Waals surface area (Å²) in [6, 6.07) is 10.4. The largest absolute Gasteiger partial charge is 0.316 e. The highest BCUT2D eigenvalue weighted by atomic mass is 32.2. The van der Waals surface area contributed by atoms with Crippen LogP contribution in [-0.2, 0) is 12.8 Å². The molecule has 2 aromatic heterocycles. The van der Waals surface area contributed by atoms with E-state index < -0.39 is 0 Å². The molecule has 0 unspecified atom stereocenters. The molecule has 0 amide bonds. The number of rotatable bonds is 5. The highest BCUT2D eigenvalue weighted by Gasteiger charge is 2.21. The molecule has 0 radical (unpaired) electrons. The Hall–Kier alpha value is -2.12. The fraction of sp³-hybridized carbons (Fsp3) is 0.389. The molecular weight excluding hydrogens is 332 g/mol. The third-order valence-electron chi connectivity index (χ3n) is 4.58. The van der Waals surface area contributed by atoms with E-state index in [1.165, 1.54) is 18.4 Å². The lowest BCUT2D eigenvalue weighted by molar-refractivity contribution is 0.436. The topological polar surface area (TPSA) is 60.6 Å². The van der Waals surface area contributed by atoms with E-state index in [9.17, 15) is 0 Å². The maximum absolute atomic E-state index is 4.45. The van der Waals surface area contributed by atoms with E-state index in [4.69, 9.17) is 0 Å². The van der Waals surface area contributed by atoms with Crippen molar-refractivity contribution < 1.29 is 0 Å². The summed E-state index contributed by atoms with van der Waals surface area (Å²) < 4.78 is 4.03. The minimum absolute atomic E-state index is 0.476. The van der Waals surface area contributed by atoms with Crippen molar-refractivity contribution in [3.05, 3.63) is 54.1 Å². The second kappa shape index (κ2) is 7.41. The molecule has 6 nitrogen and oxygen atoms in total. The minimum atomic E-state index is 0.476. The summed E-state index contributed by atoms with van der Waals surface area (Å²) in [4.78, 5) is 0. The van der Waals surface area contributed by atoms with Crippen molar-refractivity contribution >= 4 is 11.8 Å². The molecule has 0 spiro atoms. The standard InChI is InChI=1S/C18H22N6S/c1-23-17(15-6-3-8-19-12-15)21-22-18(23)25-13-14-5-2-7-16(11-14)24-10-4-9-20-24/h2,4-5,7,9-11,15,19H,3,6,8,12-13H2,1H3/t15-/m1/s1. The molecule has 1 saturated heterocycles. The Morgan fingerprint density at radius 1 is 1.28 bits per heavy atom. The quantitative estimate of drug-likeness (QED) is 0.714. The summed E-state index contributed by atoms with van der Waals surface area (Å²) in [6.07, 6.45) is 6.15. The van der Waals surface area contributed by atoms with Crippen LogP contribution in [-0.4, -0.2) is 37.6 Å². The Kier molecular flexibility index (Phi) is 4.85. The fourth-order valence-corrected chi connectivity index (χ4v) is 4.10. The Bertz CT molecular complexity index is 820. The lowest BCUT2D eigenvalue weighted by Crippen LogP contribution is -2.29. The van der Waals surface area contributed by atoms with Crippen molar-refractivity contribution in [3.8, 4) is 5.69 Å². The number of aromatic nitrogens is 5. The molecule has 3 heterocycles. The van der Waals surface area contributed by atoms with Crippen LogP contribution in [0.2, 0.25) is 0 Å². The molecule has 0 aliphatic carbocycles. The first kappa shape index (κ1) is 16.4. The van der Waals surface area contributed by atoms with Crippen LogP contribution in [0, 0.1) is 0 Å².